The van der Waals surface area contributed by atoms with Gasteiger partial charge in [-0.25, -0.2) is 8.42 Å². The van der Waals surface area contributed by atoms with E-state index in [2.05, 4.69) is 5.32 Å². The fourth-order valence-electron chi connectivity index (χ4n) is 2.68. The molecule has 0 unspecified atom stereocenters. The van der Waals surface area contributed by atoms with Gasteiger partial charge in [0.15, 0.2) is 6.61 Å². The highest BCUT2D eigenvalue weighted by Crippen LogP contribution is 2.24. The lowest BCUT2D eigenvalue weighted by Gasteiger charge is -2.20. The molecule has 2 rings (SSSR count). The zero-order valence-electron chi connectivity index (χ0n) is 16.6. The molecule has 0 atom stereocenters. The van der Waals surface area contributed by atoms with Gasteiger partial charge in [-0.2, -0.15) is 4.31 Å². The van der Waals surface area contributed by atoms with Crippen molar-refractivity contribution in [2.45, 2.75) is 25.7 Å². The highest BCUT2D eigenvalue weighted by molar-refractivity contribution is 7.89. The Bertz CT molecular complexity index is 907. The molecular weight excluding hydrogens is 380 g/mol. The SMILES string of the molecule is CCN(CC)S(=O)(=O)c1cc(NC(=O)COc2ccc(OC)cc2)ccc1C. The Kier molecular flexibility index (Phi) is 7.42. The van der Waals surface area contributed by atoms with Crippen molar-refractivity contribution in [2.75, 3.05) is 32.1 Å². The van der Waals surface area contributed by atoms with E-state index in [-0.39, 0.29) is 17.4 Å². The van der Waals surface area contributed by atoms with Gasteiger partial charge in [0.2, 0.25) is 10.0 Å². The van der Waals surface area contributed by atoms with E-state index >= 15 is 0 Å². The first-order valence-electron chi connectivity index (χ1n) is 8.99. The first-order chi connectivity index (χ1) is 13.3. The van der Waals surface area contributed by atoms with Gasteiger partial charge in [0, 0.05) is 18.8 Å². The van der Waals surface area contributed by atoms with Crippen LogP contribution in [-0.4, -0.2) is 45.4 Å². The second kappa shape index (κ2) is 9.57. The van der Waals surface area contributed by atoms with Crippen LogP contribution in [-0.2, 0) is 14.8 Å². The minimum Gasteiger partial charge on any atom is -0.497 e. The number of ether oxygens (including phenoxy) is 2. The molecule has 1 N–H and O–H groups in total. The van der Waals surface area contributed by atoms with Crippen molar-refractivity contribution in [3.63, 3.8) is 0 Å². The summed E-state index contributed by atoms with van der Waals surface area (Å²) in [5.74, 6) is 0.842. The number of nitrogens with zero attached hydrogens (tertiary/aromatic N) is 1. The van der Waals surface area contributed by atoms with Gasteiger partial charge in [-0.05, 0) is 48.9 Å². The van der Waals surface area contributed by atoms with Crippen LogP contribution in [0.3, 0.4) is 0 Å². The van der Waals surface area contributed by atoms with Gasteiger partial charge in [0.05, 0.1) is 12.0 Å². The molecule has 0 radical (unpaired) electrons. The van der Waals surface area contributed by atoms with Crippen LogP contribution in [0.1, 0.15) is 19.4 Å². The number of carbonyl (C=O) groups is 1. The van der Waals surface area contributed by atoms with E-state index < -0.39 is 10.0 Å². The number of rotatable bonds is 9. The Morgan fingerprint density at radius 2 is 1.64 bits per heavy atom. The maximum Gasteiger partial charge on any atom is 0.262 e. The van der Waals surface area contributed by atoms with Crippen LogP contribution in [0.25, 0.3) is 0 Å². The number of amides is 1. The van der Waals surface area contributed by atoms with Crippen molar-refractivity contribution in [1.29, 1.82) is 0 Å². The average Bonchev–Trinajstić information content (AvgIpc) is 2.69. The molecular formula is C20H26N2O5S. The second-order valence-electron chi connectivity index (χ2n) is 6.08. The fourth-order valence-corrected chi connectivity index (χ4v) is 4.39. The van der Waals surface area contributed by atoms with Crippen LogP contribution in [0.4, 0.5) is 5.69 Å². The summed E-state index contributed by atoms with van der Waals surface area (Å²) in [7, 11) is -2.04. The van der Waals surface area contributed by atoms with E-state index in [1.807, 2.05) is 0 Å². The number of methoxy groups -OCH3 is 1. The molecule has 0 bridgehead atoms. The smallest absolute Gasteiger partial charge is 0.262 e. The van der Waals surface area contributed by atoms with E-state index in [4.69, 9.17) is 9.47 Å². The highest BCUT2D eigenvalue weighted by Gasteiger charge is 2.24. The van der Waals surface area contributed by atoms with Crippen LogP contribution in [0.15, 0.2) is 47.4 Å². The van der Waals surface area contributed by atoms with Gasteiger partial charge >= 0.3 is 0 Å². The Balaban J connectivity index is 2.08. The number of aryl methyl sites for hydroxylation is 1. The zero-order valence-corrected chi connectivity index (χ0v) is 17.4. The predicted molar refractivity (Wildman–Crippen MR) is 108 cm³/mol. The maximum atomic E-state index is 12.8. The normalized spacial score (nSPS) is 11.3. The van der Waals surface area contributed by atoms with Crippen LogP contribution in [0.2, 0.25) is 0 Å². The van der Waals surface area contributed by atoms with E-state index in [0.29, 0.717) is 35.8 Å². The Morgan fingerprint density at radius 1 is 1.04 bits per heavy atom. The summed E-state index contributed by atoms with van der Waals surface area (Å²) < 4.78 is 37.5. The summed E-state index contributed by atoms with van der Waals surface area (Å²) in [4.78, 5) is 12.4. The van der Waals surface area contributed by atoms with Crippen molar-refractivity contribution < 1.29 is 22.7 Å². The highest BCUT2D eigenvalue weighted by atomic mass is 32.2. The van der Waals surface area contributed by atoms with E-state index in [1.165, 1.54) is 10.4 Å². The van der Waals surface area contributed by atoms with Gasteiger partial charge in [0.25, 0.3) is 5.91 Å². The molecule has 0 spiro atoms. The third-order valence-corrected chi connectivity index (χ3v) is 6.42. The first-order valence-corrected chi connectivity index (χ1v) is 10.4. The Labute approximate surface area is 166 Å². The average molecular weight is 407 g/mol. The second-order valence-corrected chi connectivity index (χ2v) is 7.99. The summed E-state index contributed by atoms with van der Waals surface area (Å²) in [6.45, 7) is 5.87. The number of benzene rings is 2. The van der Waals surface area contributed by atoms with E-state index in [0.717, 1.165) is 0 Å². The fraction of sp³-hybridized carbons (Fsp3) is 0.350. The number of sulfonamides is 1. The summed E-state index contributed by atoms with van der Waals surface area (Å²) in [6, 6.07) is 11.7. The standard InChI is InChI=1S/C20H26N2O5S/c1-5-22(6-2)28(24,25)19-13-16(8-7-15(19)3)21-20(23)14-27-18-11-9-17(26-4)10-12-18/h7-13H,5-6,14H2,1-4H3,(H,21,23). The molecule has 152 valence electrons. The third-order valence-electron chi connectivity index (χ3n) is 4.22. The number of hydrogen-bond donors (Lipinski definition) is 1. The van der Waals surface area contributed by atoms with Crippen molar-refractivity contribution in [3.05, 3.63) is 48.0 Å². The minimum absolute atomic E-state index is 0.185. The molecule has 0 aromatic heterocycles. The summed E-state index contributed by atoms with van der Waals surface area (Å²) in [5.41, 5.74) is 1.03. The molecule has 7 nitrogen and oxygen atoms in total. The first kappa shape index (κ1) is 21.7. The number of hydrogen-bond acceptors (Lipinski definition) is 5. The molecule has 0 saturated carbocycles. The topological polar surface area (TPSA) is 84.9 Å². The maximum absolute atomic E-state index is 12.8. The molecule has 0 fully saturated rings. The summed E-state index contributed by atoms with van der Waals surface area (Å²) >= 11 is 0. The van der Waals surface area contributed by atoms with Crippen molar-refractivity contribution >= 4 is 21.6 Å². The lowest BCUT2D eigenvalue weighted by atomic mass is 10.2. The van der Waals surface area contributed by atoms with Crippen molar-refractivity contribution in [3.8, 4) is 11.5 Å². The molecule has 0 aliphatic rings. The Morgan fingerprint density at radius 3 is 2.21 bits per heavy atom. The van der Waals surface area contributed by atoms with Crippen LogP contribution >= 0.6 is 0 Å². The largest absolute Gasteiger partial charge is 0.497 e. The number of nitrogens with one attached hydrogen (secondary N) is 1. The molecule has 2 aromatic rings. The molecule has 8 heteroatoms. The van der Waals surface area contributed by atoms with Gasteiger partial charge in [-0.1, -0.05) is 19.9 Å². The molecule has 28 heavy (non-hydrogen) atoms. The van der Waals surface area contributed by atoms with Crippen LogP contribution < -0.4 is 14.8 Å². The van der Waals surface area contributed by atoms with Crippen LogP contribution in [0.5, 0.6) is 11.5 Å². The Hall–Kier alpha value is -2.58. The lowest BCUT2D eigenvalue weighted by Crippen LogP contribution is -2.31. The number of anilines is 1. The third kappa shape index (κ3) is 5.24. The molecule has 0 saturated heterocycles. The quantitative estimate of drug-likeness (QED) is 0.692. The van der Waals surface area contributed by atoms with Gasteiger partial charge in [-0.3, -0.25) is 4.79 Å². The van der Waals surface area contributed by atoms with Gasteiger partial charge in [0.1, 0.15) is 11.5 Å². The minimum atomic E-state index is -3.61. The van der Waals surface area contributed by atoms with E-state index in [1.54, 1.807) is 64.3 Å². The van der Waals surface area contributed by atoms with Crippen LogP contribution in [0, 0.1) is 6.92 Å². The molecule has 0 aliphatic heterocycles. The predicted octanol–water partition coefficient (Wildman–Crippen LogP) is 3.05. The molecule has 1 amide bonds. The van der Waals surface area contributed by atoms with Gasteiger partial charge in [-0.15, -0.1) is 0 Å². The van der Waals surface area contributed by atoms with Gasteiger partial charge < -0.3 is 14.8 Å². The monoisotopic (exact) mass is 406 g/mol. The zero-order chi connectivity index (χ0) is 20.7. The molecule has 2 aromatic carbocycles. The summed E-state index contributed by atoms with van der Waals surface area (Å²) in [6.07, 6.45) is 0. The lowest BCUT2D eigenvalue weighted by molar-refractivity contribution is -0.118. The van der Waals surface area contributed by atoms with Crippen molar-refractivity contribution in [1.82, 2.24) is 4.31 Å². The number of carbonyl (C=O) groups excluding carboxylic acids is 1. The molecule has 0 heterocycles. The summed E-state index contributed by atoms with van der Waals surface area (Å²) in [5, 5.41) is 2.68. The van der Waals surface area contributed by atoms with Crippen molar-refractivity contribution in [2.24, 2.45) is 0 Å². The van der Waals surface area contributed by atoms with E-state index in [9.17, 15) is 13.2 Å². The molecule has 0 aliphatic carbocycles.